The fraction of sp³-hybridized carbons (Fsp3) is 1.00. The van der Waals surface area contributed by atoms with Crippen LogP contribution in [0.25, 0.3) is 0 Å². The van der Waals surface area contributed by atoms with Gasteiger partial charge in [-0.15, -0.1) is 0 Å². The van der Waals surface area contributed by atoms with E-state index in [9.17, 15) is 0 Å². The molecule has 0 unspecified atom stereocenters. The Morgan fingerprint density at radius 1 is 1.33 bits per heavy atom. The van der Waals surface area contributed by atoms with Crippen molar-refractivity contribution in [2.45, 2.75) is 1.84 Å². The standard InChI is InChI=1S/CHCl3Te.Na.H/c2-1(3,4)5;;/h5H;;/q;+1;-1. The summed E-state index contributed by atoms with van der Waals surface area (Å²) in [6.45, 7) is 0. The minimum atomic E-state index is -1.03. The molecule has 0 aromatic heterocycles. The van der Waals surface area contributed by atoms with E-state index in [1.165, 1.54) is 22.3 Å². The van der Waals surface area contributed by atoms with E-state index in [0.29, 0.717) is 0 Å². The average Bonchev–Trinajstić information content (AvgIpc) is 0.722. The molecule has 0 saturated heterocycles. The van der Waals surface area contributed by atoms with E-state index < -0.39 is 1.84 Å². The Morgan fingerprint density at radius 2 is 1.33 bits per heavy atom. The van der Waals surface area contributed by atoms with E-state index in [4.69, 9.17) is 34.8 Å². The molecule has 0 nitrogen and oxygen atoms in total. The molecule has 0 atom stereocenters. The van der Waals surface area contributed by atoms with Gasteiger partial charge < -0.3 is 1.43 Å². The maximum Gasteiger partial charge on any atom is 1.00 e. The first-order chi connectivity index (χ1) is 2.00. The summed E-state index contributed by atoms with van der Waals surface area (Å²) < 4.78 is -1.03. The van der Waals surface area contributed by atoms with E-state index in [-0.39, 0.29) is 31.0 Å². The monoisotopic (exact) mass is 272 g/mol. The Hall–Kier alpha value is 2.66. The van der Waals surface area contributed by atoms with Gasteiger partial charge in [0.05, 0.1) is 0 Å². The van der Waals surface area contributed by atoms with Crippen LogP contribution in [0.5, 0.6) is 0 Å². The Morgan fingerprint density at radius 3 is 1.33 bits per heavy atom. The van der Waals surface area contributed by atoms with Crippen molar-refractivity contribution in [3.63, 3.8) is 0 Å². The molecule has 0 heterocycles. The SMILES string of the molecule is ClC(Cl)(Cl)[TeH].[H-].[Na+]. The molecule has 0 amide bonds. The van der Waals surface area contributed by atoms with Gasteiger partial charge >= 0.3 is 88.5 Å². The van der Waals surface area contributed by atoms with Crippen LogP contribution in [-0.4, -0.2) is 24.1 Å². The first kappa shape index (κ1) is 11.5. The van der Waals surface area contributed by atoms with Gasteiger partial charge in [-0.2, -0.15) is 0 Å². The number of halogens is 3. The van der Waals surface area contributed by atoms with Crippen LogP contribution in [0.1, 0.15) is 1.43 Å². The van der Waals surface area contributed by atoms with Gasteiger partial charge in [-0.05, 0) is 0 Å². The molecule has 5 heteroatoms. The van der Waals surface area contributed by atoms with Crippen LogP contribution >= 0.6 is 34.8 Å². The molecular weight excluding hydrogens is 269 g/mol. The maximum atomic E-state index is 5.08. The second-order valence-corrected chi connectivity index (χ2v) is 7.03. The fourth-order valence-corrected chi connectivity index (χ4v) is 0. The van der Waals surface area contributed by atoms with Gasteiger partial charge in [-0.25, -0.2) is 0 Å². The molecule has 0 aromatic rings. The van der Waals surface area contributed by atoms with Crippen molar-refractivity contribution in [2.24, 2.45) is 0 Å². The van der Waals surface area contributed by atoms with Crippen molar-refractivity contribution >= 4 is 57.1 Å². The van der Waals surface area contributed by atoms with Crippen LogP contribution in [-0.2, 0) is 0 Å². The quantitative estimate of drug-likeness (QED) is 0.365. The predicted octanol–water partition coefficient (Wildman–Crippen LogP) is -1.67. The first-order valence-electron chi connectivity index (χ1n) is 0.791. The molecule has 0 aromatic carbocycles. The molecule has 6 heavy (non-hydrogen) atoms. The van der Waals surface area contributed by atoms with Crippen molar-refractivity contribution in [2.75, 3.05) is 0 Å². The van der Waals surface area contributed by atoms with Gasteiger partial charge in [0, 0.05) is 0 Å². The van der Waals surface area contributed by atoms with Crippen molar-refractivity contribution in [3.05, 3.63) is 0 Å². The van der Waals surface area contributed by atoms with Crippen molar-refractivity contribution in [3.8, 4) is 0 Å². The van der Waals surface area contributed by atoms with Gasteiger partial charge in [-0.3, -0.25) is 0 Å². The molecule has 0 aliphatic heterocycles. The van der Waals surface area contributed by atoms with Gasteiger partial charge in [0.25, 0.3) is 0 Å². The number of rotatable bonds is 0. The minimum Gasteiger partial charge on any atom is -1.00 e. The molecule has 0 rings (SSSR count). The summed E-state index contributed by atoms with van der Waals surface area (Å²) in [5, 5.41) is 0. The summed E-state index contributed by atoms with van der Waals surface area (Å²) in [6.07, 6.45) is 0. The Balaban J connectivity index is -0.0000000800. The fourth-order valence-electron chi connectivity index (χ4n) is 0. The van der Waals surface area contributed by atoms with E-state index in [0.717, 1.165) is 0 Å². The topological polar surface area (TPSA) is 0 Å². The van der Waals surface area contributed by atoms with Crippen LogP contribution in [0.15, 0.2) is 0 Å². The third kappa shape index (κ3) is 30.2. The predicted molar refractivity (Wildman–Crippen MR) is 28.6 cm³/mol. The number of hydrogen-bond acceptors (Lipinski definition) is 0. The Kier molecular flexibility index (Phi) is 8.65. The van der Waals surface area contributed by atoms with Crippen molar-refractivity contribution < 1.29 is 31.0 Å². The van der Waals surface area contributed by atoms with Crippen molar-refractivity contribution in [1.82, 2.24) is 0 Å². The summed E-state index contributed by atoms with van der Waals surface area (Å²) in [7, 11) is 0. The molecule has 0 bridgehead atoms. The second-order valence-electron chi connectivity index (χ2n) is 0.468. The largest absolute Gasteiger partial charge is 1.00 e. The Labute approximate surface area is 88.6 Å². The van der Waals surface area contributed by atoms with Crippen LogP contribution in [0.4, 0.5) is 0 Å². The minimum absolute atomic E-state index is 0. The van der Waals surface area contributed by atoms with E-state index in [2.05, 4.69) is 0 Å². The van der Waals surface area contributed by atoms with Gasteiger partial charge in [0.15, 0.2) is 0 Å². The molecule has 0 aliphatic rings. The zero-order valence-electron chi connectivity index (χ0n) is 4.08. The maximum absolute atomic E-state index is 5.08. The summed E-state index contributed by atoms with van der Waals surface area (Å²) in [5.74, 6) is 0. The van der Waals surface area contributed by atoms with Gasteiger partial charge in [0.2, 0.25) is 0 Å². The molecule has 34 valence electrons. The molecule has 0 N–H and O–H groups in total. The Bertz CT molecular complexity index is 30.4. The second kappa shape index (κ2) is 4.53. The van der Waals surface area contributed by atoms with Crippen LogP contribution in [0, 0.1) is 0 Å². The molecule has 0 fully saturated rings. The van der Waals surface area contributed by atoms with Crippen LogP contribution < -0.4 is 29.6 Å². The van der Waals surface area contributed by atoms with E-state index >= 15 is 0 Å². The molecule has 0 spiro atoms. The summed E-state index contributed by atoms with van der Waals surface area (Å²) in [5.41, 5.74) is 0. The molecular formula is CH2Cl3NaTe. The molecule has 0 aliphatic carbocycles. The van der Waals surface area contributed by atoms with Crippen LogP contribution in [0.3, 0.4) is 0 Å². The molecule has 0 saturated carbocycles. The van der Waals surface area contributed by atoms with E-state index in [1.54, 1.807) is 0 Å². The third-order valence-electron chi connectivity index (χ3n) is 0. The number of hydrogen-bond donors (Lipinski definition) is 0. The summed E-state index contributed by atoms with van der Waals surface area (Å²) >= 11 is 16.4. The van der Waals surface area contributed by atoms with Gasteiger partial charge in [0.1, 0.15) is 0 Å². The first-order valence-corrected chi connectivity index (χ1v) is 3.20. The smallest absolute Gasteiger partial charge is 1.00 e. The van der Waals surface area contributed by atoms with Gasteiger partial charge in [-0.1, -0.05) is 0 Å². The third-order valence-corrected chi connectivity index (χ3v) is 0. The zero-order chi connectivity index (χ0) is 4.50. The molecule has 0 radical (unpaired) electrons. The van der Waals surface area contributed by atoms with Crippen molar-refractivity contribution in [1.29, 1.82) is 0 Å². The summed E-state index contributed by atoms with van der Waals surface area (Å²) in [6, 6.07) is 0. The van der Waals surface area contributed by atoms with Crippen LogP contribution in [0.2, 0.25) is 0 Å². The normalized spacial score (nSPS) is 10.0. The van der Waals surface area contributed by atoms with E-state index in [1.807, 2.05) is 0 Å². The summed E-state index contributed by atoms with van der Waals surface area (Å²) in [4.78, 5) is 0. The average molecular weight is 271 g/mol. The number of alkyl halides is 3. The zero-order valence-corrected chi connectivity index (χ0v) is 9.90.